The molecule has 0 heterocycles. The molecule has 43 valence electrons. The first-order valence-corrected chi connectivity index (χ1v) is 3.27. The summed E-state index contributed by atoms with van der Waals surface area (Å²) in [6, 6.07) is 0. The number of Topliss-reactive ketones (excluding diaryl/α,β-unsaturated/α-hetero) is 1. The Bertz CT molecular complexity index is 106. The summed E-state index contributed by atoms with van der Waals surface area (Å²) in [5.74, 6) is 2.19. The van der Waals surface area contributed by atoms with Gasteiger partial charge in [-0.05, 0) is 25.7 Å². The molecule has 8 heavy (non-hydrogen) atoms. The standard InChI is InChI=1S/C7H9O/c8-7-5-1-2-6(7)4-3-5/h5H,1-4H2. The van der Waals surface area contributed by atoms with Crippen molar-refractivity contribution in [1.29, 1.82) is 0 Å². The Morgan fingerprint density at radius 2 is 1.88 bits per heavy atom. The summed E-state index contributed by atoms with van der Waals surface area (Å²) in [5, 5.41) is 0. The molecule has 0 N–H and O–H groups in total. The van der Waals surface area contributed by atoms with E-state index in [0.29, 0.717) is 11.7 Å². The van der Waals surface area contributed by atoms with Crippen LogP contribution in [-0.2, 0) is 4.79 Å². The minimum Gasteiger partial charge on any atom is -0.299 e. The fraction of sp³-hybridized carbons (Fsp3) is 0.714. The third kappa shape index (κ3) is 0.396. The van der Waals surface area contributed by atoms with E-state index in [1.54, 1.807) is 0 Å². The zero-order chi connectivity index (χ0) is 5.56. The largest absolute Gasteiger partial charge is 0.299 e. The number of rotatable bonds is 0. The molecule has 0 atom stereocenters. The number of carbonyl (C=O) groups is 1. The van der Waals surface area contributed by atoms with Crippen LogP contribution in [0.5, 0.6) is 0 Å². The first kappa shape index (κ1) is 4.54. The molecule has 1 heteroatoms. The van der Waals surface area contributed by atoms with Gasteiger partial charge in [-0.3, -0.25) is 4.79 Å². The maximum atomic E-state index is 10.9. The van der Waals surface area contributed by atoms with E-state index in [2.05, 4.69) is 0 Å². The molecule has 2 aliphatic rings. The zero-order valence-electron chi connectivity index (χ0n) is 4.81. The molecule has 0 saturated heterocycles. The third-order valence-corrected chi connectivity index (χ3v) is 2.31. The van der Waals surface area contributed by atoms with Gasteiger partial charge in [0.15, 0.2) is 0 Å². The van der Waals surface area contributed by atoms with Crippen LogP contribution in [0.25, 0.3) is 0 Å². The van der Waals surface area contributed by atoms with Crippen molar-refractivity contribution >= 4 is 5.78 Å². The maximum absolute atomic E-state index is 10.9. The molecule has 0 aromatic heterocycles. The molecule has 0 aromatic carbocycles. The Kier molecular flexibility index (Phi) is 0.758. The maximum Gasteiger partial charge on any atom is 0.143 e. The molecule has 2 saturated carbocycles. The second kappa shape index (κ2) is 1.34. The summed E-state index contributed by atoms with van der Waals surface area (Å²) < 4.78 is 0. The van der Waals surface area contributed by atoms with Crippen LogP contribution in [0.15, 0.2) is 0 Å². The minimum atomic E-state index is 0.463. The van der Waals surface area contributed by atoms with Gasteiger partial charge in [-0.2, -0.15) is 0 Å². The first-order valence-electron chi connectivity index (χ1n) is 3.27. The van der Waals surface area contributed by atoms with Gasteiger partial charge in [0.1, 0.15) is 5.78 Å². The van der Waals surface area contributed by atoms with Crippen LogP contribution in [0, 0.1) is 11.8 Å². The topological polar surface area (TPSA) is 17.1 Å². The normalized spacial score (nSPS) is 30.2. The van der Waals surface area contributed by atoms with Gasteiger partial charge in [-0.15, -0.1) is 0 Å². The van der Waals surface area contributed by atoms with E-state index in [1.807, 2.05) is 0 Å². The molecular weight excluding hydrogens is 100 g/mol. The lowest BCUT2D eigenvalue weighted by atomic mass is 10.0. The second-order valence-electron chi connectivity index (χ2n) is 2.74. The fourth-order valence-corrected chi connectivity index (χ4v) is 1.76. The Morgan fingerprint density at radius 3 is 2.00 bits per heavy atom. The highest BCUT2D eigenvalue weighted by Gasteiger charge is 2.40. The molecular formula is C7H9O. The fourth-order valence-electron chi connectivity index (χ4n) is 1.76. The lowest BCUT2D eigenvalue weighted by Gasteiger charge is -2.02. The average Bonchev–Trinajstić information content (AvgIpc) is 2.29. The Labute approximate surface area is 49.1 Å². The van der Waals surface area contributed by atoms with Gasteiger partial charge in [0.05, 0.1) is 0 Å². The quantitative estimate of drug-likeness (QED) is 0.458. The number of hydrogen-bond acceptors (Lipinski definition) is 1. The van der Waals surface area contributed by atoms with E-state index in [-0.39, 0.29) is 0 Å². The van der Waals surface area contributed by atoms with Crippen molar-refractivity contribution in [3.8, 4) is 0 Å². The zero-order valence-corrected chi connectivity index (χ0v) is 4.81. The van der Waals surface area contributed by atoms with Crippen molar-refractivity contribution in [3.63, 3.8) is 0 Å². The second-order valence-corrected chi connectivity index (χ2v) is 2.74. The summed E-state index contributed by atoms with van der Waals surface area (Å²) in [5.41, 5.74) is 0. The van der Waals surface area contributed by atoms with E-state index in [9.17, 15) is 4.79 Å². The number of fused-ring (bicyclic) bond motifs is 2. The van der Waals surface area contributed by atoms with Gasteiger partial charge in [0, 0.05) is 11.8 Å². The Morgan fingerprint density at radius 1 is 1.25 bits per heavy atom. The monoisotopic (exact) mass is 109 g/mol. The molecule has 0 aliphatic heterocycles. The smallest absolute Gasteiger partial charge is 0.143 e. The number of hydrogen-bond donors (Lipinski definition) is 0. The van der Waals surface area contributed by atoms with Gasteiger partial charge in [0.25, 0.3) is 0 Å². The molecule has 1 nitrogen and oxygen atoms in total. The highest BCUT2D eigenvalue weighted by molar-refractivity contribution is 5.98. The van der Waals surface area contributed by atoms with Crippen LogP contribution >= 0.6 is 0 Å². The van der Waals surface area contributed by atoms with Crippen molar-refractivity contribution < 1.29 is 4.79 Å². The van der Waals surface area contributed by atoms with Crippen molar-refractivity contribution in [2.45, 2.75) is 25.7 Å². The summed E-state index contributed by atoms with van der Waals surface area (Å²) >= 11 is 0. The van der Waals surface area contributed by atoms with E-state index in [1.165, 1.54) is 5.92 Å². The molecule has 2 fully saturated rings. The third-order valence-electron chi connectivity index (χ3n) is 2.31. The molecule has 2 aliphatic carbocycles. The highest BCUT2D eigenvalue weighted by Crippen LogP contribution is 2.42. The van der Waals surface area contributed by atoms with E-state index in [0.717, 1.165) is 25.7 Å². The van der Waals surface area contributed by atoms with Gasteiger partial charge in [-0.1, -0.05) is 0 Å². The van der Waals surface area contributed by atoms with Crippen molar-refractivity contribution in [2.24, 2.45) is 5.92 Å². The molecule has 0 unspecified atom stereocenters. The van der Waals surface area contributed by atoms with Gasteiger partial charge in [0.2, 0.25) is 0 Å². The highest BCUT2D eigenvalue weighted by atomic mass is 16.1. The van der Waals surface area contributed by atoms with Crippen LogP contribution < -0.4 is 0 Å². The van der Waals surface area contributed by atoms with Crippen LogP contribution in [-0.4, -0.2) is 5.78 Å². The first-order chi connectivity index (χ1) is 3.88. The number of carbonyl (C=O) groups excluding carboxylic acids is 1. The minimum absolute atomic E-state index is 0.463. The van der Waals surface area contributed by atoms with E-state index >= 15 is 0 Å². The molecule has 1 radical (unpaired) electrons. The van der Waals surface area contributed by atoms with E-state index in [4.69, 9.17) is 0 Å². The number of ketones is 1. The van der Waals surface area contributed by atoms with Crippen LogP contribution in [0.3, 0.4) is 0 Å². The van der Waals surface area contributed by atoms with Crippen LogP contribution in [0.2, 0.25) is 0 Å². The van der Waals surface area contributed by atoms with E-state index < -0.39 is 0 Å². The predicted octanol–water partition coefficient (Wildman–Crippen LogP) is 1.33. The predicted molar refractivity (Wildman–Crippen MR) is 30.2 cm³/mol. The summed E-state index contributed by atoms with van der Waals surface area (Å²) in [4.78, 5) is 10.9. The molecule has 2 rings (SSSR count). The summed E-state index contributed by atoms with van der Waals surface area (Å²) in [7, 11) is 0. The van der Waals surface area contributed by atoms with Gasteiger partial charge < -0.3 is 0 Å². The lowest BCUT2D eigenvalue weighted by Crippen LogP contribution is -1.99. The van der Waals surface area contributed by atoms with Crippen LogP contribution in [0.1, 0.15) is 25.7 Å². The SMILES string of the molecule is O=C1[C]2CCC1CC2. The van der Waals surface area contributed by atoms with Gasteiger partial charge >= 0.3 is 0 Å². The molecule has 0 aromatic rings. The van der Waals surface area contributed by atoms with Crippen molar-refractivity contribution in [2.75, 3.05) is 0 Å². The Balaban J connectivity index is 2.28. The lowest BCUT2D eigenvalue weighted by molar-refractivity contribution is -0.117. The average molecular weight is 109 g/mol. The van der Waals surface area contributed by atoms with Crippen molar-refractivity contribution in [1.82, 2.24) is 0 Å². The molecule has 0 amide bonds. The van der Waals surface area contributed by atoms with Gasteiger partial charge in [-0.25, -0.2) is 0 Å². The van der Waals surface area contributed by atoms with Crippen LogP contribution in [0.4, 0.5) is 0 Å². The molecule has 2 bridgehead atoms. The Hall–Kier alpha value is -0.330. The summed E-state index contributed by atoms with van der Waals surface area (Å²) in [6.07, 6.45) is 4.55. The molecule has 0 spiro atoms. The summed E-state index contributed by atoms with van der Waals surface area (Å²) in [6.45, 7) is 0. The van der Waals surface area contributed by atoms with Crippen molar-refractivity contribution in [3.05, 3.63) is 5.92 Å².